The summed E-state index contributed by atoms with van der Waals surface area (Å²) in [7, 11) is -3.35. The lowest BCUT2D eigenvalue weighted by Gasteiger charge is -2.28. The van der Waals surface area contributed by atoms with E-state index >= 15 is 0 Å². The first-order valence-electron chi connectivity index (χ1n) is 7.82. The average molecular weight is 361 g/mol. The molecule has 0 bridgehead atoms. The highest BCUT2D eigenvalue weighted by Crippen LogP contribution is 2.19. The zero-order chi connectivity index (χ0) is 17.9. The Morgan fingerprint density at radius 1 is 1.24 bits per heavy atom. The number of benzene rings is 1. The Kier molecular flexibility index (Phi) is 4.89. The minimum absolute atomic E-state index is 0.102. The molecule has 1 aliphatic heterocycles. The van der Waals surface area contributed by atoms with E-state index in [0.717, 1.165) is 18.2 Å². The standard InChI is InChI=1S/C17H19N3O4S/c1-25(22,23)19-15-6-7-16(18-10-15)24-12-17(21)20-9-8-13-4-2-3-5-14(13)11-20/h2-7,10,19H,8-9,11-12H2,1H3. The summed E-state index contributed by atoms with van der Waals surface area (Å²) in [5.41, 5.74) is 2.79. The number of nitrogens with zero attached hydrogens (tertiary/aromatic N) is 2. The molecule has 8 heteroatoms. The van der Waals surface area contributed by atoms with Crippen LogP contribution in [0.3, 0.4) is 0 Å². The molecule has 0 saturated carbocycles. The summed E-state index contributed by atoms with van der Waals surface area (Å²) in [5, 5.41) is 0. The van der Waals surface area contributed by atoms with Crippen LogP contribution in [0.25, 0.3) is 0 Å². The molecule has 7 nitrogen and oxygen atoms in total. The number of hydrogen-bond acceptors (Lipinski definition) is 5. The summed E-state index contributed by atoms with van der Waals surface area (Å²) in [4.78, 5) is 18.1. The third-order valence-corrected chi connectivity index (χ3v) is 4.47. The van der Waals surface area contributed by atoms with Crippen LogP contribution in [0.1, 0.15) is 11.1 Å². The van der Waals surface area contributed by atoms with Crippen molar-refractivity contribution in [3.05, 3.63) is 53.7 Å². The Morgan fingerprint density at radius 2 is 2.00 bits per heavy atom. The third kappa shape index (κ3) is 4.69. The van der Waals surface area contributed by atoms with Crippen molar-refractivity contribution < 1.29 is 17.9 Å². The van der Waals surface area contributed by atoms with Crippen molar-refractivity contribution in [3.8, 4) is 5.88 Å². The predicted octanol–water partition coefficient (Wildman–Crippen LogP) is 1.42. The van der Waals surface area contributed by atoms with Crippen LogP contribution in [0.15, 0.2) is 42.6 Å². The van der Waals surface area contributed by atoms with E-state index < -0.39 is 10.0 Å². The number of sulfonamides is 1. The largest absolute Gasteiger partial charge is 0.468 e. The fraction of sp³-hybridized carbons (Fsp3) is 0.294. The predicted molar refractivity (Wildman–Crippen MR) is 93.8 cm³/mol. The van der Waals surface area contributed by atoms with Crippen molar-refractivity contribution in [1.82, 2.24) is 9.88 Å². The maximum atomic E-state index is 12.3. The lowest BCUT2D eigenvalue weighted by molar-refractivity contribution is -0.134. The maximum absolute atomic E-state index is 12.3. The number of fused-ring (bicyclic) bond motifs is 1. The second-order valence-corrected chi connectivity index (χ2v) is 7.63. The number of ether oxygens (including phenoxy) is 1. The summed E-state index contributed by atoms with van der Waals surface area (Å²) in [6.45, 7) is 1.15. The monoisotopic (exact) mass is 361 g/mol. The van der Waals surface area contributed by atoms with E-state index in [9.17, 15) is 13.2 Å². The zero-order valence-corrected chi connectivity index (χ0v) is 14.6. The van der Waals surface area contributed by atoms with Gasteiger partial charge in [-0.05, 0) is 23.6 Å². The molecule has 0 spiro atoms. The Morgan fingerprint density at radius 3 is 2.68 bits per heavy atom. The molecule has 132 valence electrons. The molecule has 0 aliphatic carbocycles. The smallest absolute Gasteiger partial charge is 0.260 e. The third-order valence-electron chi connectivity index (χ3n) is 3.87. The molecule has 0 saturated heterocycles. The maximum Gasteiger partial charge on any atom is 0.260 e. The molecule has 2 heterocycles. The number of pyridine rings is 1. The van der Waals surface area contributed by atoms with Crippen molar-refractivity contribution in [2.24, 2.45) is 0 Å². The molecule has 1 aromatic heterocycles. The van der Waals surface area contributed by atoms with Gasteiger partial charge in [-0.25, -0.2) is 13.4 Å². The molecular formula is C17H19N3O4S. The molecule has 0 atom stereocenters. The summed E-state index contributed by atoms with van der Waals surface area (Å²) < 4.78 is 30.0. The van der Waals surface area contributed by atoms with Crippen LogP contribution in [0, 0.1) is 0 Å². The Hall–Kier alpha value is -2.61. The van der Waals surface area contributed by atoms with Crippen molar-refractivity contribution in [3.63, 3.8) is 0 Å². The van der Waals surface area contributed by atoms with Gasteiger partial charge in [-0.1, -0.05) is 24.3 Å². The quantitative estimate of drug-likeness (QED) is 0.870. The average Bonchev–Trinajstić information content (AvgIpc) is 2.59. The number of rotatable bonds is 5. The van der Waals surface area contributed by atoms with Crippen LogP contribution >= 0.6 is 0 Å². The van der Waals surface area contributed by atoms with Gasteiger partial charge in [0, 0.05) is 19.2 Å². The highest BCUT2D eigenvalue weighted by atomic mass is 32.2. The van der Waals surface area contributed by atoms with Crippen LogP contribution in [-0.4, -0.2) is 43.6 Å². The zero-order valence-electron chi connectivity index (χ0n) is 13.8. The molecule has 1 amide bonds. The van der Waals surface area contributed by atoms with Gasteiger partial charge in [0.2, 0.25) is 15.9 Å². The second kappa shape index (κ2) is 7.10. The highest BCUT2D eigenvalue weighted by molar-refractivity contribution is 7.92. The first kappa shape index (κ1) is 17.2. The topological polar surface area (TPSA) is 88.6 Å². The van der Waals surface area contributed by atoms with E-state index in [2.05, 4.69) is 15.8 Å². The van der Waals surface area contributed by atoms with Crippen LogP contribution in [-0.2, 0) is 27.8 Å². The van der Waals surface area contributed by atoms with Crippen LogP contribution in [0.5, 0.6) is 5.88 Å². The molecule has 2 aromatic rings. The summed E-state index contributed by atoms with van der Waals surface area (Å²) in [6.07, 6.45) is 3.25. The molecule has 25 heavy (non-hydrogen) atoms. The van der Waals surface area contributed by atoms with Crippen LogP contribution < -0.4 is 9.46 Å². The molecule has 1 aromatic carbocycles. The normalized spacial score (nSPS) is 13.9. The van der Waals surface area contributed by atoms with Gasteiger partial charge in [-0.15, -0.1) is 0 Å². The van der Waals surface area contributed by atoms with E-state index in [1.807, 2.05) is 18.2 Å². The molecule has 1 aliphatic rings. The highest BCUT2D eigenvalue weighted by Gasteiger charge is 2.20. The number of hydrogen-bond donors (Lipinski definition) is 1. The van der Waals surface area contributed by atoms with E-state index in [0.29, 0.717) is 18.8 Å². The van der Waals surface area contributed by atoms with Crippen molar-refractivity contribution in [1.29, 1.82) is 0 Å². The number of carbonyl (C=O) groups is 1. The molecule has 3 rings (SSSR count). The fourth-order valence-corrected chi connectivity index (χ4v) is 3.22. The lowest BCUT2D eigenvalue weighted by Crippen LogP contribution is -2.38. The van der Waals surface area contributed by atoms with Gasteiger partial charge in [0.05, 0.1) is 18.1 Å². The number of anilines is 1. The first-order chi connectivity index (χ1) is 11.9. The fourth-order valence-electron chi connectivity index (χ4n) is 2.68. The molecule has 1 N–H and O–H groups in total. The van der Waals surface area contributed by atoms with Crippen molar-refractivity contribution in [2.45, 2.75) is 13.0 Å². The second-order valence-electron chi connectivity index (χ2n) is 5.88. The van der Waals surface area contributed by atoms with Crippen LogP contribution in [0.4, 0.5) is 5.69 Å². The summed E-state index contributed by atoms with van der Waals surface area (Å²) >= 11 is 0. The number of amides is 1. The summed E-state index contributed by atoms with van der Waals surface area (Å²) in [6, 6.07) is 11.2. The van der Waals surface area contributed by atoms with E-state index in [1.54, 1.807) is 4.90 Å². The van der Waals surface area contributed by atoms with Gasteiger partial charge >= 0.3 is 0 Å². The SMILES string of the molecule is CS(=O)(=O)Nc1ccc(OCC(=O)N2CCc3ccccc3C2)nc1. The molecular weight excluding hydrogens is 342 g/mol. The first-order valence-corrected chi connectivity index (χ1v) is 9.71. The minimum atomic E-state index is -3.35. The molecule has 0 fully saturated rings. The van der Waals surface area contributed by atoms with Gasteiger partial charge in [0.25, 0.3) is 5.91 Å². The van der Waals surface area contributed by atoms with Gasteiger partial charge < -0.3 is 9.64 Å². The van der Waals surface area contributed by atoms with Gasteiger partial charge in [0.1, 0.15) is 0 Å². The van der Waals surface area contributed by atoms with E-state index in [4.69, 9.17) is 4.74 Å². The molecule has 0 unspecified atom stereocenters. The number of aromatic nitrogens is 1. The van der Waals surface area contributed by atoms with Crippen molar-refractivity contribution in [2.75, 3.05) is 24.1 Å². The Balaban J connectivity index is 1.54. The Labute approximate surface area is 146 Å². The van der Waals surface area contributed by atoms with E-state index in [1.165, 1.54) is 23.9 Å². The number of carbonyl (C=O) groups excluding carboxylic acids is 1. The van der Waals surface area contributed by atoms with Gasteiger partial charge in [-0.2, -0.15) is 0 Å². The van der Waals surface area contributed by atoms with Crippen LogP contribution in [0.2, 0.25) is 0 Å². The number of nitrogens with one attached hydrogen (secondary N) is 1. The Bertz CT molecular complexity index is 866. The molecule has 0 radical (unpaired) electrons. The van der Waals surface area contributed by atoms with Crippen molar-refractivity contribution >= 4 is 21.6 Å². The minimum Gasteiger partial charge on any atom is -0.468 e. The van der Waals surface area contributed by atoms with E-state index in [-0.39, 0.29) is 18.4 Å². The van der Waals surface area contributed by atoms with Gasteiger partial charge in [0.15, 0.2) is 6.61 Å². The van der Waals surface area contributed by atoms with Gasteiger partial charge in [-0.3, -0.25) is 9.52 Å². The summed E-state index contributed by atoms with van der Waals surface area (Å²) in [5.74, 6) is 0.166. The lowest BCUT2D eigenvalue weighted by atomic mass is 10.00.